The number of rotatable bonds is 2. The molecule has 1 fully saturated rings. The van der Waals surface area contributed by atoms with Crippen LogP contribution in [-0.2, 0) is 9.47 Å². The number of hydrogen-bond acceptors (Lipinski definition) is 7. The Balaban J connectivity index is 1.98. The van der Waals surface area contributed by atoms with Gasteiger partial charge in [-0.3, -0.25) is 4.57 Å². The third-order valence-electron chi connectivity index (χ3n) is 2.53. The Morgan fingerprint density at radius 3 is 3.18 bits per heavy atom. The van der Waals surface area contributed by atoms with Crippen LogP contribution in [0.3, 0.4) is 0 Å². The first-order valence-corrected chi connectivity index (χ1v) is 5.11. The molecule has 0 spiro atoms. The number of aliphatic hydroxyl groups excluding tert-OH is 1. The maximum atomic E-state index is 8.92. The van der Waals surface area contributed by atoms with Gasteiger partial charge in [-0.15, -0.1) is 0 Å². The van der Waals surface area contributed by atoms with E-state index in [9.17, 15) is 0 Å². The molecule has 3 heterocycles. The number of hydrogen-bond donors (Lipinski definition) is 2. The fourth-order valence-corrected chi connectivity index (χ4v) is 1.74. The Bertz CT molecular complexity index is 542. The molecule has 90 valence electrons. The van der Waals surface area contributed by atoms with Gasteiger partial charge in [-0.1, -0.05) is 0 Å². The standard InChI is InChI=1S/C9H11N5O3/c10-9-11-1-5-8(13-9)14(4-12-5)6-3-16-7(2-15)17-6/h1,4,6-7,15H,2-3H2,(H2,10,11,13)/t6-,7+/m1/s1. The lowest BCUT2D eigenvalue weighted by molar-refractivity contribution is -0.0980. The van der Waals surface area contributed by atoms with E-state index in [0.717, 1.165) is 0 Å². The van der Waals surface area contributed by atoms with Gasteiger partial charge in [0, 0.05) is 0 Å². The van der Waals surface area contributed by atoms with Crippen molar-refractivity contribution in [3.8, 4) is 0 Å². The van der Waals surface area contributed by atoms with Crippen molar-refractivity contribution in [3.63, 3.8) is 0 Å². The molecule has 0 bridgehead atoms. The lowest BCUT2D eigenvalue weighted by Gasteiger charge is -2.11. The molecule has 3 N–H and O–H groups in total. The van der Waals surface area contributed by atoms with Crippen molar-refractivity contribution in [1.29, 1.82) is 0 Å². The molecule has 0 amide bonds. The van der Waals surface area contributed by atoms with Gasteiger partial charge < -0.3 is 20.3 Å². The summed E-state index contributed by atoms with van der Waals surface area (Å²) in [4.78, 5) is 12.1. The minimum Gasteiger partial charge on any atom is -0.391 e. The van der Waals surface area contributed by atoms with Crippen molar-refractivity contribution >= 4 is 17.1 Å². The first kappa shape index (κ1) is 10.4. The molecule has 0 unspecified atom stereocenters. The highest BCUT2D eigenvalue weighted by Crippen LogP contribution is 2.24. The van der Waals surface area contributed by atoms with Crippen LogP contribution in [-0.4, -0.2) is 44.1 Å². The second-order valence-electron chi connectivity index (χ2n) is 3.63. The number of nitrogens with zero attached hydrogens (tertiary/aromatic N) is 4. The maximum Gasteiger partial charge on any atom is 0.222 e. The summed E-state index contributed by atoms with van der Waals surface area (Å²) in [6.45, 7) is 0.154. The van der Waals surface area contributed by atoms with Gasteiger partial charge in [0.2, 0.25) is 5.95 Å². The molecule has 1 aliphatic heterocycles. The Morgan fingerprint density at radius 1 is 1.53 bits per heavy atom. The highest BCUT2D eigenvalue weighted by atomic mass is 16.7. The predicted octanol–water partition coefficient (Wildman–Crippen LogP) is -0.728. The largest absolute Gasteiger partial charge is 0.391 e. The summed E-state index contributed by atoms with van der Waals surface area (Å²) in [5.41, 5.74) is 6.75. The molecule has 0 aliphatic carbocycles. The van der Waals surface area contributed by atoms with Gasteiger partial charge in [-0.05, 0) is 0 Å². The van der Waals surface area contributed by atoms with Crippen LogP contribution >= 0.6 is 0 Å². The van der Waals surface area contributed by atoms with Gasteiger partial charge >= 0.3 is 0 Å². The zero-order valence-corrected chi connectivity index (χ0v) is 8.85. The van der Waals surface area contributed by atoms with Crippen LogP contribution in [0.25, 0.3) is 11.2 Å². The Kier molecular flexibility index (Phi) is 2.39. The predicted molar refractivity (Wildman–Crippen MR) is 56.7 cm³/mol. The summed E-state index contributed by atoms with van der Waals surface area (Å²) in [7, 11) is 0. The SMILES string of the molecule is Nc1ncc2ncn([C@H]3CO[C@H](CO)O3)c2n1. The molecular formula is C9H11N5O3. The van der Waals surface area contributed by atoms with Gasteiger partial charge in [-0.2, -0.15) is 4.98 Å². The Labute approximate surface area is 96.0 Å². The molecule has 2 aromatic rings. The zero-order valence-electron chi connectivity index (χ0n) is 8.85. The summed E-state index contributed by atoms with van der Waals surface area (Å²) in [5, 5.41) is 8.92. The third kappa shape index (κ3) is 1.71. The van der Waals surface area contributed by atoms with Gasteiger partial charge in [0.15, 0.2) is 18.2 Å². The van der Waals surface area contributed by atoms with E-state index in [1.54, 1.807) is 17.1 Å². The number of aromatic nitrogens is 4. The first-order chi connectivity index (χ1) is 8.28. The van der Waals surface area contributed by atoms with E-state index in [2.05, 4.69) is 15.0 Å². The van der Waals surface area contributed by atoms with E-state index in [1.165, 1.54) is 0 Å². The van der Waals surface area contributed by atoms with Crippen LogP contribution in [0.4, 0.5) is 5.95 Å². The lowest BCUT2D eigenvalue weighted by atomic mass is 10.5. The Hall–Kier alpha value is -1.77. The van der Waals surface area contributed by atoms with Crippen molar-refractivity contribution < 1.29 is 14.6 Å². The van der Waals surface area contributed by atoms with Gasteiger partial charge in [-0.25, -0.2) is 9.97 Å². The van der Waals surface area contributed by atoms with E-state index in [-0.39, 0.29) is 18.8 Å². The van der Waals surface area contributed by atoms with Crippen LogP contribution in [0.1, 0.15) is 6.23 Å². The van der Waals surface area contributed by atoms with Gasteiger partial charge in [0.05, 0.1) is 25.7 Å². The summed E-state index contributed by atoms with van der Waals surface area (Å²) in [5.74, 6) is 0.178. The average Bonchev–Trinajstić information content (AvgIpc) is 2.93. The number of nitrogen functional groups attached to an aromatic ring is 1. The van der Waals surface area contributed by atoms with Crippen molar-refractivity contribution in [2.24, 2.45) is 0 Å². The van der Waals surface area contributed by atoms with E-state index in [4.69, 9.17) is 20.3 Å². The minimum atomic E-state index is -0.600. The number of fused-ring (bicyclic) bond motifs is 1. The van der Waals surface area contributed by atoms with Crippen molar-refractivity contribution in [2.75, 3.05) is 18.9 Å². The van der Waals surface area contributed by atoms with Crippen LogP contribution < -0.4 is 5.73 Å². The quantitative estimate of drug-likeness (QED) is 0.708. The molecule has 1 aliphatic rings. The molecule has 0 radical (unpaired) electrons. The highest BCUT2D eigenvalue weighted by Gasteiger charge is 2.28. The van der Waals surface area contributed by atoms with E-state index < -0.39 is 6.29 Å². The molecule has 3 rings (SSSR count). The summed E-state index contributed by atoms with van der Waals surface area (Å²) < 4.78 is 12.4. The number of anilines is 1. The molecule has 2 atom stereocenters. The molecule has 2 aromatic heterocycles. The lowest BCUT2D eigenvalue weighted by Crippen LogP contribution is -2.15. The number of ether oxygens (including phenoxy) is 2. The van der Waals surface area contributed by atoms with Gasteiger partial charge in [0.1, 0.15) is 5.52 Å². The minimum absolute atomic E-state index is 0.178. The van der Waals surface area contributed by atoms with Crippen LogP contribution in [0.5, 0.6) is 0 Å². The normalized spacial score (nSPS) is 24.5. The number of aliphatic hydroxyl groups is 1. The van der Waals surface area contributed by atoms with Crippen molar-refractivity contribution in [1.82, 2.24) is 19.5 Å². The van der Waals surface area contributed by atoms with Crippen molar-refractivity contribution in [2.45, 2.75) is 12.5 Å². The molecule has 8 heteroatoms. The van der Waals surface area contributed by atoms with Gasteiger partial charge in [0.25, 0.3) is 0 Å². The third-order valence-corrected chi connectivity index (χ3v) is 2.53. The molecule has 8 nitrogen and oxygen atoms in total. The summed E-state index contributed by atoms with van der Waals surface area (Å²) in [6, 6.07) is 0. The number of imidazole rings is 1. The second-order valence-corrected chi connectivity index (χ2v) is 3.63. The Morgan fingerprint density at radius 2 is 2.41 bits per heavy atom. The van der Waals surface area contributed by atoms with Crippen LogP contribution in [0, 0.1) is 0 Å². The van der Waals surface area contributed by atoms with E-state index >= 15 is 0 Å². The summed E-state index contributed by atoms with van der Waals surface area (Å²) in [6.07, 6.45) is 2.18. The summed E-state index contributed by atoms with van der Waals surface area (Å²) >= 11 is 0. The fourth-order valence-electron chi connectivity index (χ4n) is 1.74. The molecule has 1 saturated heterocycles. The average molecular weight is 237 g/mol. The topological polar surface area (TPSA) is 108 Å². The van der Waals surface area contributed by atoms with E-state index in [1.807, 2.05) is 0 Å². The zero-order chi connectivity index (χ0) is 11.8. The smallest absolute Gasteiger partial charge is 0.222 e. The molecule has 0 saturated carbocycles. The van der Waals surface area contributed by atoms with Crippen LogP contribution in [0.2, 0.25) is 0 Å². The second kappa shape index (κ2) is 3.91. The highest BCUT2D eigenvalue weighted by molar-refractivity contribution is 5.70. The van der Waals surface area contributed by atoms with E-state index in [0.29, 0.717) is 17.8 Å². The molecule has 0 aromatic carbocycles. The maximum absolute atomic E-state index is 8.92. The fraction of sp³-hybridized carbons (Fsp3) is 0.444. The first-order valence-electron chi connectivity index (χ1n) is 5.11. The molecular weight excluding hydrogens is 226 g/mol. The number of nitrogens with two attached hydrogens (primary N) is 1. The molecule has 17 heavy (non-hydrogen) atoms. The van der Waals surface area contributed by atoms with Crippen molar-refractivity contribution in [3.05, 3.63) is 12.5 Å². The van der Waals surface area contributed by atoms with Crippen LogP contribution in [0.15, 0.2) is 12.5 Å². The monoisotopic (exact) mass is 237 g/mol.